The average molecular weight is 283 g/mol. The van der Waals surface area contributed by atoms with Crippen molar-refractivity contribution in [3.05, 3.63) is 10.3 Å². The smallest absolute Gasteiger partial charge is 0.152 e. The lowest BCUT2D eigenvalue weighted by Gasteiger charge is -2.00. The topological polar surface area (TPSA) is 30.7 Å². The fourth-order valence-corrected chi connectivity index (χ4v) is 1.78. The van der Waals surface area contributed by atoms with Crippen LogP contribution in [-0.4, -0.2) is 15.0 Å². The van der Waals surface area contributed by atoms with Crippen LogP contribution in [0.2, 0.25) is 0 Å². The average Bonchev–Trinajstić information content (AvgIpc) is 2.31. The van der Waals surface area contributed by atoms with Gasteiger partial charge in [0.1, 0.15) is 5.69 Å². The van der Waals surface area contributed by atoms with Crippen LogP contribution in [0.3, 0.4) is 0 Å². The molecule has 1 rings (SSSR count). The highest BCUT2D eigenvalue weighted by Gasteiger charge is 2.07. The molecule has 62 valence electrons. The third-order valence-corrected chi connectivity index (χ3v) is 2.39. The zero-order valence-electron chi connectivity index (χ0n) is 6.38. The van der Waals surface area contributed by atoms with E-state index in [-0.39, 0.29) is 0 Å². The highest BCUT2D eigenvalue weighted by atomic mass is 79.9. The molecule has 0 atom stereocenters. The predicted octanol–water partition coefficient (Wildman–Crippen LogP) is 2.52. The van der Waals surface area contributed by atoms with E-state index >= 15 is 0 Å². The van der Waals surface area contributed by atoms with Crippen LogP contribution < -0.4 is 0 Å². The second kappa shape index (κ2) is 3.67. The van der Waals surface area contributed by atoms with E-state index in [0.717, 1.165) is 15.6 Å². The number of aromatic nitrogens is 3. The predicted molar refractivity (Wildman–Crippen MR) is 50.7 cm³/mol. The molecule has 1 heterocycles. The molecule has 0 N–H and O–H groups in total. The van der Waals surface area contributed by atoms with E-state index in [0.29, 0.717) is 6.04 Å². The normalized spacial score (nSPS) is 11.0. The summed E-state index contributed by atoms with van der Waals surface area (Å²) in [6.45, 7) is 4.09. The van der Waals surface area contributed by atoms with Crippen LogP contribution in [0.5, 0.6) is 0 Å². The Morgan fingerprint density at radius 2 is 2.09 bits per heavy atom. The van der Waals surface area contributed by atoms with Crippen LogP contribution >= 0.6 is 31.9 Å². The lowest BCUT2D eigenvalue weighted by molar-refractivity contribution is 0.463. The summed E-state index contributed by atoms with van der Waals surface area (Å²) in [4.78, 5) is 1.70. The van der Waals surface area contributed by atoms with E-state index in [2.05, 4.69) is 42.1 Å². The van der Waals surface area contributed by atoms with Gasteiger partial charge < -0.3 is 0 Å². The van der Waals surface area contributed by atoms with Gasteiger partial charge in [-0.2, -0.15) is 9.90 Å². The Balaban J connectivity index is 2.95. The lowest BCUT2D eigenvalue weighted by Crippen LogP contribution is -2.04. The third-order valence-electron chi connectivity index (χ3n) is 1.24. The fraction of sp³-hybridized carbons (Fsp3) is 0.667. The summed E-state index contributed by atoms with van der Waals surface area (Å²) in [6, 6.07) is 0.319. The highest BCUT2D eigenvalue weighted by molar-refractivity contribution is 9.10. The van der Waals surface area contributed by atoms with Crippen molar-refractivity contribution in [1.82, 2.24) is 15.0 Å². The minimum Gasteiger partial charge on any atom is -0.181 e. The van der Waals surface area contributed by atoms with Gasteiger partial charge in [-0.1, -0.05) is 15.9 Å². The molecule has 0 amide bonds. The zero-order valence-corrected chi connectivity index (χ0v) is 9.55. The van der Waals surface area contributed by atoms with Gasteiger partial charge in [0.25, 0.3) is 0 Å². The molecule has 0 saturated heterocycles. The Bertz CT molecular complexity index is 244. The Labute approximate surface area is 82.4 Å². The second-order valence-electron chi connectivity index (χ2n) is 2.49. The Hall–Kier alpha value is 0.1000. The summed E-state index contributed by atoms with van der Waals surface area (Å²) in [6.07, 6.45) is 0. The molecular formula is C6H9Br2N3. The number of halogens is 2. The summed E-state index contributed by atoms with van der Waals surface area (Å²) < 4.78 is 0.822. The molecule has 0 aliphatic carbocycles. The second-order valence-corrected chi connectivity index (χ2v) is 3.80. The maximum Gasteiger partial charge on any atom is 0.152 e. The molecule has 0 saturated carbocycles. The number of alkyl halides is 1. The molecule has 11 heavy (non-hydrogen) atoms. The van der Waals surface area contributed by atoms with Gasteiger partial charge in [-0.3, -0.25) is 0 Å². The summed E-state index contributed by atoms with van der Waals surface area (Å²) in [5.41, 5.74) is 0.943. The van der Waals surface area contributed by atoms with Gasteiger partial charge in [-0.05, 0) is 29.8 Å². The molecule has 0 bridgehead atoms. The SMILES string of the molecule is CC(C)n1nc(Br)c(CBr)n1. The minimum atomic E-state index is 0.319. The first-order valence-electron chi connectivity index (χ1n) is 3.32. The van der Waals surface area contributed by atoms with Gasteiger partial charge in [-0.15, -0.1) is 5.10 Å². The highest BCUT2D eigenvalue weighted by Crippen LogP contribution is 2.15. The molecule has 0 aliphatic rings. The molecular weight excluding hydrogens is 274 g/mol. The first kappa shape index (κ1) is 9.19. The van der Waals surface area contributed by atoms with Gasteiger partial charge in [0.2, 0.25) is 0 Å². The molecule has 0 fully saturated rings. The van der Waals surface area contributed by atoms with Crippen LogP contribution in [0.4, 0.5) is 0 Å². The minimum absolute atomic E-state index is 0.319. The summed E-state index contributed by atoms with van der Waals surface area (Å²) >= 11 is 6.65. The van der Waals surface area contributed by atoms with Crippen LogP contribution in [0.1, 0.15) is 25.6 Å². The van der Waals surface area contributed by atoms with Crippen molar-refractivity contribution in [2.45, 2.75) is 25.2 Å². The molecule has 0 aromatic carbocycles. The van der Waals surface area contributed by atoms with Crippen LogP contribution in [0.15, 0.2) is 4.60 Å². The maximum atomic E-state index is 4.24. The van der Waals surface area contributed by atoms with E-state index in [1.165, 1.54) is 0 Å². The number of rotatable bonds is 2. The van der Waals surface area contributed by atoms with Crippen molar-refractivity contribution in [1.29, 1.82) is 0 Å². The monoisotopic (exact) mass is 281 g/mol. The molecule has 1 aromatic rings. The van der Waals surface area contributed by atoms with Crippen molar-refractivity contribution in [2.75, 3.05) is 0 Å². The third kappa shape index (κ3) is 2.02. The summed E-state index contributed by atoms with van der Waals surface area (Å²) in [5, 5.41) is 9.15. The fourth-order valence-electron chi connectivity index (χ4n) is 0.648. The summed E-state index contributed by atoms with van der Waals surface area (Å²) in [7, 11) is 0. The van der Waals surface area contributed by atoms with Crippen molar-refractivity contribution in [3.63, 3.8) is 0 Å². The maximum absolute atomic E-state index is 4.24. The van der Waals surface area contributed by atoms with Crippen molar-refractivity contribution >= 4 is 31.9 Å². The van der Waals surface area contributed by atoms with Crippen molar-refractivity contribution in [3.8, 4) is 0 Å². The van der Waals surface area contributed by atoms with Crippen molar-refractivity contribution < 1.29 is 0 Å². The van der Waals surface area contributed by atoms with E-state index < -0.39 is 0 Å². The van der Waals surface area contributed by atoms with Gasteiger partial charge in [0, 0.05) is 0 Å². The summed E-state index contributed by atoms with van der Waals surface area (Å²) in [5.74, 6) is 0. The molecule has 0 unspecified atom stereocenters. The first-order chi connectivity index (χ1) is 5.15. The molecule has 0 radical (unpaired) electrons. The van der Waals surface area contributed by atoms with Gasteiger partial charge >= 0.3 is 0 Å². The Kier molecular flexibility index (Phi) is 3.06. The molecule has 5 heteroatoms. The lowest BCUT2D eigenvalue weighted by atomic mass is 10.4. The van der Waals surface area contributed by atoms with E-state index in [1.54, 1.807) is 4.80 Å². The molecule has 1 aromatic heterocycles. The number of nitrogens with zero attached hydrogens (tertiary/aromatic N) is 3. The van der Waals surface area contributed by atoms with E-state index in [4.69, 9.17) is 0 Å². The van der Waals surface area contributed by atoms with E-state index in [1.807, 2.05) is 13.8 Å². The largest absolute Gasteiger partial charge is 0.181 e. The van der Waals surface area contributed by atoms with Gasteiger partial charge in [-0.25, -0.2) is 0 Å². The van der Waals surface area contributed by atoms with Gasteiger partial charge in [0.05, 0.1) is 11.4 Å². The van der Waals surface area contributed by atoms with Crippen LogP contribution in [0, 0.1) is 0 Å². The quantitative estimate of drug-likeness (QED) is 0.781. The molecule has 0 spiro atoms. The zero-order chi connectivity index (χ0) is 8.43. The standard InChI is InChI=1S/C6H9Br2N3/c1-4(2)11-9-5(3-7)6(8)10-11/h4H,3H2,1-2H3. The van der Waals surface area contributed by atoms with E-state index in [9.17, 15) is 0 Å². The van der Waals surface area contributed by atoms with Crippen LogP contribution in [0.25, 0.3) is 0 Å². The molecule has 3 nitrogen and oxygen atoms in total. The van der Waals surface area contributed by atoms with Crippen LogP contribution in [-0.2, 0) is 5.33 Å². The number of hydrogen-bond donors (Lipinski definition) is 0. The first-order valence-corrected chi connectivity index (χ1v) is 5.23. The van der Waals surface area contributed by atoms with Crippen molar-refractivity contribution in [2.24, 2.45) is 0 Å². The molecule has 0 aliphatic heterocycles. The number of hydrogen-bond acceptors (Lipinski definition) is 2. The Morgan fingerprint density at radius 1 is 1.45 bits per heavy atom. The Morgan fingerprint density at radius 3 is 2.36 bits per heavy atom. The van der Waals surface area contributed by atoms with Gasteiger partial charge in [0.15, 0.2) is 4.60 Å².